The van der Waals surface area contributed by atoms with Crippen molar-refractivity contribution in [3.63, 3.8) is 0 Å². The summed E-state index contributed by atoms with van der Waals surface area (Å²) >= 11 is 0. The van der Waals surface area contributed by atoms with Crippen LogP contribution in [0.3, 0.4) is 0 Å². The third kappa shape index (κ3) is 15.5. The molecule has 9 aliphatic rings. The van der Waals surface area contributed by atoms with Crippen LogP contribution in [0.15, 0.2) is 340 Å². The maximum Gasteiger partial charge on any atom is 0.213 e. The topological polar surface area (TPSA) is 15.5 Å². The molecule has 0 radical (unpaired) electrons. The van der Waals surface area contributed by atoms with E-state index in [1.807, 2.05) is 41.5 Å². The van der Waals surface area contributed by atoms with Gasteiger partial charge in [-0.05, 0) is 167 Å². The summed E-state index contributed by atoms with van der Waals surface area (Å²) in [7, 11) is -4.73. The van der Waals surface area contributed by atoms with Gasteiger partial charge in [-0.2, -0.15) is 0 Å². The van der Waals surface area contributed by atoms with Crippen LogP contribution in [0.5, 0.6) is 0 Å². The van der Waals surface area contributed by atoms with E-state index in [2.05, 4.69) is 454 Å². The number of benzene rings is 12. The number of aryl methyl sites for hydroxylation is 8. The summed E-state index contributed by atoms with van der Waals surface area (Å²) < 4.78 is 9.03. The molecular formula is C126H138N4Si8+4. The number of rotatable bonds is 8. The van der Waals surface area contributed by atoms with Gasteiger partial charge < -0.3 is 0 Å². The van der Waals surface area contributed by atoms with E-state index in [4.69, 9.17) is 0 Å². The van der Waals surface area contributed by atoms with Crippen LogP contribution in [-0.4, -0.2) is 64.6 Å². The maximum atomic E-state index is 2.73. The molecule has 0 bridgehead atoms. The summed E-state index contributed by atoms with van der Waals surface area (Å²) in [6.07, 6.45) is 23.1. The SMILES string of the molecule is Cc1ccccc1-c1cc(-c2ccc3c(c2)[Si](C)(C)c2ccccc2[Si]3(C)C)cc[n+]1C.Cc1ccccc1-c1cc(-c2ccc3c(c2)[Si]2(CC2)c2ccccc2[Si]3(C)C)cc[n+]1C.Cc1ccccc1-c1cc(-c2ccc3c(c2)[Si]2(CCCC2)c2ccccc2[Si]32CCCC2)cc[n+]1C.Cc1ccccc1-c1cc(-c2ccc3c(c2)[Si]2(CCCCC2)c2ccccc2[Si]32CCCCC2)cc[n+]1C. The second kappa shape index (κ2) is 36.3. The van der Waals surface area contributed by atoms with Crippen LogP contribution < -0.4 is 101 Å². The van der Waals surface area contributed by atoms with Gasteiger partial charge in [0, 0.05) is 70.8 Å². The van der Waals surface area contributed by atoms with Gasteiger partial charge in [-0.15, -0.1) is 0 Å². The average molecular weight is 1930 g/mol. The fourth-order valence-corrected chi connectivity index (χ4v) is 75.0. The van der Waals surface area contributed by atoms with Crippen LogP contribution in [0, 0.1) is 27.7 Å². The normalized spacial score (nSPS) is 17.8. The lowest BCUT2D eigenvalue weighted by Gasteiger charge is -2.50. The minimum atomic E-state index is -1.75. The Hall–Kier alpha value is -11.0. The standard InChI is InChI=1S/C35H40NSi2.C33H36NSi2.C29H30NSi2.C29H32NSi2/c1-27-13-5-6-14-30(27)31-25-29(19-20-36(31)2)28-17-18-34-35(26-28)38(23-11-4-12-24-38)33-16-8-7-15-32(33)37(34)21-9-3-10-22-37;1-25-11-3-4-12-28(25)29-23-27(17-18-34(29)2)26-15-16-32-33(24-26)36(21-9-10-22-36)31-14-6-5-13-30(31)35(32)19-7-8-20-35;1-21-9-5-6-10-24(21)25-19-23(15-16-30(25)2)22-13-14-27-29(20-22)32(17-18-32)28-12-8-7-11-26(28)31(27,3)4;1-21-11-7-8-12-24(21)25-19-23(17-18-30(25)2)22-15-16-28-29(20-22)32(5,6)27-14-10-9-13-26(27)31(28,3)4/h5-8,13-20,25-26H,3-4,9-12,21-24H2,1-2H3;3-6,11-18,23-24H,7-10,19-22H2,1-2H3;5-16,19-20H,17-18H2,1-4H3;7-20H,1-6H3/q4*+1. The molecule has 0 unspecified atom stereocenters. The summed E-state index contributed by atoms with van der Waals surface area (Å²) in [5.41, 5.74) is 26.6. The van der Waals surface area contributed by atoms with E-state index in [1.54, 1.807) is 41.5 Å². The number of nitrogens with zero attached hydrogens (tertiary/aromatic N) is 4. The van der Waals surface area contributed by atoms with Gasteiger partial charge in [0.1, 0.15) is 92.8 Å². The molecule has 13 heterocycles. The Morgan fingerprint density at radius 2 is 0.348 bits per heavy atom. The highest BCUT2D eigenvalue weighted by Crippen LogP contribution is 2.43. The predicted octanol–water partition coefficient (Wildman–Crippen LogP) is 19.1. The van der Waals surface area contributed by atoms with Gasteiger partial charge in [-0.25, -0.2) is 18.3 Å². The lowest BCUT2D eigenvalue weighted by atomic mass is 10.0. The number of fused-ring (bicyclic) bond motifs is 18. The molecule has 5 spiro atoms. The Balaban J connectivity index is 0.000000106. The molecule has 5 saturated heterocycles. The van der Waals surface area contributed by atoms with Crippen molar-refractivity contribution in [2.45, 2.75) is 192 Å². The molecule has 9 aliphatic heterocycles. The van der Waals surface area contributed by atoms with Crippen LogP contribution in [0.2, 0.25) is 99.7 Å². The van der Waals surface area contributed by atoms with Gasteiger partial charge in [0.05, 0.1) is 0 Å². The second-order valence-electron chi connectivity index (χ2n) is 44.5. The second-order valence-corrected chi connectivity index (χ2v) is 78.6. The zero-order chi connectivity index (χ0) is 94.8. The first-order chi connectivity index (χ1) is 66.9. The van der Waals surface area contributed by atoms with Crippen molar-refractivity contribution >= 4 is 148 Å². The van der Waals surface area contributed by atoms with E-state index in [9.17, 15) is 0 Å². The monoisotopic (exact) mass is 1930 g/mol. The fourth-order valence-electron chi connectivity index (χ4n) is 27.9. The summed E-state index contributed by atoms with van der Waals surface area (Å²) in [6.45, 7) is 24.0. The van der Waals surface area contributed by atoms with E-state index >= 15 is 0 Å². The smallest absolute Gasteiger partial charge is 0.201 e. The van der Waals surface area contributed by atoms with Gasteiger partial charge in [-0.1, -0.05) is 441 Å². The predicted molar refractivity (Wildman–Crippen MR) is 608 cm³/mol. The maximum absolute atomic E-state index is 2.73. The summed E-state index contributed by atoms with van der Waals surface area (Å²) in [5, 5.41) is 28.3. The van der Waals surface area contributed by atoms with Crippen LogP contribution in [0.4, 0.5) is 0 Å². The molecule has 0 amide bonds. The number of hydrogen-bond acceptors (Lipinski definition) is 0. The highest BCUT2D eigenvalue weighted by atomic mass is 28.4. The molecule has 0 saturated carbocycles. The highest BCUT2D eigenvalue weighted by Gasteiger charge is 2.59. The molecule has 4 aromatic heterocycles. The fraction of sp³-hybridized carbons (Fsp3) is 0.270. The zero-order valence-electron chi connectivity index (χ0n) is 84.3. The number of pyridine rings is 4. The molecular weight excluding hydrogens is 1790 g/mol. The first-order valence-electron chi connectivity index (χ1n) is 52.1. The molecule has 25 rings (SSSR count). The molecule has 0 N–H and O–H groups in total. The van der Waals surface area contributed by atoms with Gasteiger partial charge >= 0.3 is 0 Å². The molecule has 690 valence electrons. The summed E-state index contributed by atoms with van der Waals surface area (Å²) in [5.74, 6) is 0. The lowest BCUT2D eigenvalue weighted by Crippen LogP contribution is -2.81. The van der Waals surface area contributed by atoms with Crippen molar-refractivity contribution in [3.8, 4) is 89.5 Å². The first kappa shape index (κ1) is 92.0. The quantitative estimate of drug-likeness (QED) is 0.106. The summed E-state index contributed by atoms with van der Waals surface area (Å²) in [6, 6.07) is 137. The van der Waals surface area contributed by atoms with Crippen LogP contribution in [0.25, 0.3) is 89.5 Å². The average Bonchev–Trinajstić information content (AvgIpc) is 1.35. The van der Waals surface area contributed by atoms with Crippen molar-refractivity contribution in [2.24, 2.45) is 28.2 Å². The van der Waals surface area contributed by atoms with Crippen molar-refractivity contribution in [1.29, 1.82) is 0 Å². The Morgan fingerprint density at radius 3 is 0.630 bits per heavy atom. The minimum absolute atomic E-state index is 1.26. The highest BCUT2D eigenvalue weighted by molar-refractivity contribution is 7.22. The Bertz CT molecular complexity index is 7280. The number of aromatic nitrogens is 4. The van der Waals surface area contributed by atoms with Crippen molar-refractivity contribution in [1.82, 2.24) is 0 Å². The Kier molecular flexibility index (Phi) is 24.2. The van der Waals surface area contributed by atoms with Gasteiger partial charge in [0.2, 0.25) is 22.8 Å². The molecule has 12 heteroatoms. The van der Waals surface area contributed by atoms with E-state index in [0.29, 0.717) is 0 Å². The van der Waals surface area contributed by atoms with E-state index < -0.39 is 64.6 Å². The molecule has 12 aromatic carbocycles. The largest absolute Gasteiger partial charge is 0.213 e. The Morgan fingerprint density at radius 1 is 0.167 bits per heavy atom. The number of hydrogen-bond donors (Lipinski definition) is 0. The molecule has 0 atom stereocenters. The van der Waals surface area contributed by atoms with Crippen molar-refractivity contribution in [3.05, 3.63) is 362 Å². The van der Waals surface area contributed by atoms with Crippen molar-refractivity contribution < 1.29 is 18.3 Å². The molecule has 4 nitrogen and oxygen atoms in total. The summed E-state index contributed by atoms with van der Waals surface area (Å²) in [4.78, 5) is 0. The van der Waals surface area contributed by atoms with Crippen molar-refractivity contribution in [2.75, 3.05) is 0 Å². The molecule has 16 aromatic rings. The van der Waals surface area contributed by atoms with Gasteiger partial charge in [0.25, 0.3) is 0 Å². The minimum Gasteiger partial charge on any atom is -0.201 e. The molecule has 0 aliphatic carbocycles. The van der Waals surface area contributed by atoms with Crippen LogP contribution >= 0.6 is 0 Å². The van der Waals surface area contributed by atoms with Gasteiger partial charge in [-0.3, -0.25) is 0 Å². The molecule has 138 heavy (non-hydrogen) atoms. The Labute approximate surface area is 830 Å². The van der Waals surface area contributed by atoms with E-state index in [0.717, 1.165) is 0 Å². The first-order valence-corrected chi connectivity index (χ1v) is 73.2. The third-order valence-corrected chi connectivity index (χ3v) is 74.1. The third-order valence-electron chi connectivity index (χ3n) is 35.7. The lowest BCUT2D eigenvalue weighted by molar-refractivity contribution is -0.660. The van der Waals surface area contributed by atoms with Crippen LogP contribution in [0.1, 0.15) is 86.5 Å². The van der Waals surface area contributed by atoms with E-state index in [-0.39, 0.29) is 0 Å². The zero-order valence-corrected chi connectivity index (χ0v) is 92.3. The van der Waals surface area contributed by atoms with Gasteiger partial charge in [0.15, 0.2) is 24.8 Å². The molecule has 5 fully saturated rings. The van der Waals surface area contributed by atoms with E-state index in [1.165, 1.54) is 236 Å². The van der Waals surface area contributed by atoms with Crippen LogP contribution in [-0.2, 0) is 28.2 Å².